The first-order chi connectivity index (χ1) is 13.1. The molecule has 1 fully saturated rings. The minimum Gasteiger partial charge on any atom is -0.495 e. The molecule has 1 aliphatic rings. The SMILES string of the molecule is COc1ccccc1NC(=O)N1CCC[C@@H](C(=O)Nc2ccc(C)cn2)C1. The molecule has 1 aromatic carbocycles. The van der Waals surface area contributed by atoms with Crippen molar-refractivity contribution in [2.45, 2.75) is 19.8 Å². The van der Waals surface area contributed by atoms with Crippen LogP contribution in [0.25, 0.3) is 0 Å². The van der Waals surface area contributed by atoms with Crippen LogP contribution >= 0.6 is 0 Å². The highest BCUT2D eigenvalue weighted by Crippen LogP contribution is 2.25. The molecule has 0 spiro atoms. The molecular weight excluding hydrogens is 344 g/mol. The van der Waals surface area contributed by atoms with E-state index in [2.05, 4.69) is 15.6 Å². The Kier molecular flexibility index (Phi) is 5.90. The summed E-state index contributed by atoms with van der Waals surface area (Å²) in [5, 5.41) is 5.70. The summed E-state index contributed by atoms with van der Waals surface area (Å²) in [6, 6.07) is 10.7. The number of nitrogens with one attached hydrogen (secondary N) is 2. The zero-order valence-electron chi connectivity index (χ0n) is 15.6. The Morgan fingerprint density at radius 2 is 2.00 bits per heavy atom. The zero-order valence-corrected chi connectivity index (χ0v) is 15.6. The molecule has 2 heterocycles. The second-order valence-corrected chi connectivity index (χ2v) is 6.63. The summed E-state index contributed by atoms with van der Waals surface area (Å²) in [6.45, 7) is 2.93. The van der Waals surface area contributed by atoms with Crippen LogP contribution in [-0.4, -0.2) is 42.0 Å². The van der Waals surface area contributed by atoms with E-state index in [-0.39, 0.29) is 17.9 Å². The number of benzene rings is 1. The van der Waals surface area contributed by atoms with E-state index in [0.29, 0.717) is 30.3 Å². The van der Waals surface area contributed by atoms with Gasteiger partial charge >= 0.3 is 6.03 Å². The number of methoxy groups -OCH3 is 1. The third kappa shape index (κ3) is 4.75. The van der Waals surface area contributed by atoms with Gasteiger partial charge in [0.05, 0.1) is 18.7 Å². The number of likely N-dealkylation sites (tertiary alicyclic amines) is 1. The van der Waals surface area contributed by atoms with Crippen LogP contribution in [0.5, 0.6) is 5.75 Å². The summed E-state index contributed by atoms with van der Waals surface area (Å²) < 4.78 is 5.26. The van der Waals surface area contributed by atoms with Crippen molar-refractivity contribution in [3.05, 3.63) is 48.2 Å². The van der Waals surface area contributed by atoms with Crippen LogP contribution in [-0.2, 0) is 4.79 Å². The number of carbonyl (C=O) groups is 2. The summed E-state index contributed by atoms with van der Waals surface area (Å²) in [7, 11) is 1.56. The molecule has 2 N–H and O–H groups in total. The number of pyridine rings is 1. The van der Waals surface area contributed by atoms with Crippen LogP contribution < -0.4 is 15.4 Å². The predicted molar refractivity (Wildman–Crippen MR) is 104 cm³/mol. The Morgan fingerprint density at radius 3 is 2.74 bits per heavy atom. The van der Waals surface area contributed by atoms with Crippen molar-refractivity contribution < 1.29 is 14.3 Å². The number of anilines is 2. The summed E-state index contributed by atoms with van der Waals surface area (Å²) in [5.41, 5.74) is 1.64. The van der Waals surface area contributed by atoms with Crippen molar-refractivity contribution in [2.24, 2.45) is 5.92 Å². The van der Waals surface area contributed by atoms with Crippen LogP contribution in [0.2, 0.25) is 0 Å². The highest BCUT2D eigenvalue weighted by molar-refractivity contribution is 5.94. The number of amides is 3. The average Bonchev–Trinajstić information content (AvgIpc) is 2.70. The standard InChI is InChI=1S/C20H24N4O3/c1-14-9-10-18(21-12-14)23-19(25)15-6-5-11-24(13-15)20(26)22-16-7-3-4-8-17(16)27-2/h3-4,7-10,12,15H,5-6,11,13H2,1-2H3,(H,22,26)(H,21,23,25)/t15-/m1/s1. The number of rotatable bonds is 4. The maximum atomic E-state index is 12.6. The second kappa shape index (κ2) is 8.53. The van der Waals surface area contributed by atoms with Gasteiger partial charge in [0.2, 0.25) is 5.91 Å². The molecule has 0 aliphatic carbocycles. The maximum absolute atomic E-state index is 12.6. The van der Waals surface area contributed by atoms with Gasteiger partial charge < -0.3 is 20.3 Å². The fourth-order valence-corrected chi connectivity index (χ4v) is 3.09. The van der Waals surface area contributed by atoms with E-state index < -0.39 is 0 Å². The van der Waals surface area contributed by atoms with Gasteiger partial charge in [-0.05, 0) is 43.5 Å². The van der Waals surface area contributed by atoms with E-state index in [0.717, 1.165) is 18.4 Å². The Hall–Kier alpha value is -3.09. The summed E-state index contributed by atoms with van der Waals surface area (Å²) >= 11 is 0. The van der Waals surface area contributed by atoms with Gasteiger partial charge in [0.15, 0.2) is 0 Å². The van der Waals surface area contributed by atoms with Gasteiger partial charge in [0.25, 0.3) is 0 Å². The van der Waals surface area contributed by atoms with Gasteiger partial charge in [0, 0.05) is 19.3 Å². The van der Waals surface area contributed by atoms with Gasteiger partial charge in [-0.15, -0.1) is 0 Å². The Labute approximate surface area is 158 Å². The van der Waals surface area contributed by atoms with Crippen molar-refractivity contribution in [3.63, 3.8) is 0 Å². The quantitative estimate of drug-likeness (QED) is 0.867. The molecule has 2 aromatic rings. The number of aryl methyl sites for hydroxylation is 1. The van der Waals surface area contributed by atoms with E-state index in [9.17, 15) is 9.59 Å². The van der Waals surface area contributed by atoms with Crippen LogP contribution in [0.3, 0.4) is 0 Å². The van der Waals surface area contributed by atoms with E-state index in [1.54, 1.807) is 36.4 Å². The van der Waals surface area contributed by atoms with Crippen molar-refractivity contribution in [3.8, 4) is 5.75 Å². The summed E-state index contributed by atoms with van der Waals surface area (Å²) in [6.07, 6.45) is 3.23. The number of nitrogens with zero attached hydrogens (tertiary/aromatic N) is 2. The molecule has 1 saturated heterocycles. The summed E-state index contributed by atoms with van der Waals surface area (Å²) in [4.78, 5) is 31.0. The first-order valence-electron chi connectivity index (χ1n) is 8.99. The number of para-hydroxylation sites is 2. The van der Waals surface area contributed by atoms with Gasteiger partial charge in [-0.1, -0.05) is 18.2 Å². The number of aromatic nitrogens is 1. The Morgan fingerprint density at radius 1 is 1.19 bits per heavy atom. The number of ether oxygens (including phenoxy) is 1. The van der Waals surface area contributed by atoms with E-state index in [1.165, 1.54) is 0 Å². The first kappa shape index (κ1) is 18.7. The first-order valence-corrected chi connectivity index (χ1v) is 8.99. The molecule has 7 heteroatoms. The molecule has 1 aromatic heterocycles. The van der Waals surface area contributed by atoms with Crippen LogP contribution in [0, 0.1) is 12.8 Å². The lowest BCUT2D eigenvalue weighted by molar-refractivity contribution is -0.121. The van der Waals surface area contributed by atoms with Gasteiger partial charge in [-0.2, -0.15) is 0 Å². The van der Waals surface area contributed by atoms with Gasteiger partial charge in [-0.3, -0.25) is 4.79 Å². The molecule has 1 atom stereocenters. The number of carbonyl (C=O) groups excluding carboxylic acids is 2. The molecular formula is C20H24N4O3. The minimum absolute atomic E-state index is 0.110. The molecule has 0 unspecified atom stereocenters. The Bertz CT molecular complexity index is 807. The molecule has 142 valence electrons. The van der Waals surface area contributed by atoms with E-state index >= 15 is 0 Å². The average molecular weight is 368 g/mol. The molecule has 27 heavy (non-hydrogen) atoms. The molecule has 0 bridgehead atoms. The lowest BCUT2D eigenvalue weighted by Crippen LogP contribution is -2.45. The maximum Gasteiger partial charge on any atom is 0.321 e. The summed E-state index contributed by atoms with van der Waals surface area (Å²) in [5.74, 6) is 0.759. The number of piperidine rings is 1. The van der Waals surface area contributed by atoms with Gasteiger partial charge in [0.1, 0.15) is 11.6 Å². The molecule has 0 radical (unpaired) electrons. The smallest absolute Gasteiger partial charge is 0.321 e. The third-order valence-corrected chi connectivity index (χ3v) is 4.59. The molecule has 1 aliphatic heterocycles. The lowest BCUT2D eigenvalue weighted by atomic mass is 9.97. The lowest BCUT2D eigenvalue weighted by Gasteiger charge is -2.32. The van der Waals surface area contributed by atoms with Crippen LogP contribution in [0.15, 0.2) is 42.6 Å². The fraction of sp³-hybridized carbons (Fsp3) is 0.350. The monoisotopic (exact) mass is 368 g/mol. The van der Waals surface area contributed by atoms with Crippen molar-refractivity contribution in [2.75, 3.05) is 30.8 Å². The largest absolute Gasteiger partial charge is 0.495 e. The van der Waals surface area contributed by atoms with Crippen molar-refractivity contribution in [1.82, 2.24) is 9.88 Å². The normalized spacial score (nSPS) is 16.5. The van der Waals surface area contributed by atoms with E-state index in [1.807, 2.05) is 25.1 Å². The highest BCUT2D eigenvalue weighted by Gasteiger charge is 2.29. The zero-order chi connectivity index (χ0) is 19.2. The fourth-order valence-electron chi connectivity index (χ4n) is 3.09. The molecule has 3 amide bonds. The highest BCUT2D eigenvalue weighted by atomic mass is 16.5. The predicted octanol–water partition coefficient (Wildman–Crippen LogP) is 3.28. The minimum atomic E-state index is -0.259. The molecule has 0 saturated carbocycles. The van der Waals surface area contributed by atoms with E-state index in [4.69, 9.17) is 4.74 Å². The van der Waals surface area contributed by atoms with Crippen molar-refractivity contribution >= 4 is 23.4 Å². The van der Waals surface area contributed by atoms with Gasteiger partial charge in [-0.25, -0.2) is 9.78 Å². The third-order valence-electron chi connectivity index (χ3n) is 4.59. The molecule has 3 rings (SSSR count). The second-order valence-electron chi connectivity index (χ2n) is 6.63. The number of urea groups is 1. The number of hydrogen-bond donors (Lipinski definition) is 2. The van der Waals surface area contributed by atoms with Crippen molar-refractivity contribution in [1.29, 1.82) is 0 Å². The van der Waals surface area contributed by atoms with Crippen LogP contribution in [0.4, 0.5) is 16.3 Å². The molecule has 7 nitrogen and oxygen atoms in total. The topological polar surface area (TPSA) is 83.6 Å². The number of hydrogen-bond acceptors (Lipinski definition) is 4. The Balaban J connectivity index is 1.60. The van der Waals surface area contributed by atoms with Crippen LogP contribution in [0.1, 0.15) is 18.4 Å².